The second-order valence-electron chi connectivity index (χ2n) is 4.11. The van der Waals surface area contributed by atoms with Crippen LogP contribution in [0.1, 0.15) is 31.7 Å². The van der Waals surface area contributed by atoms with E-state index < -0.39 is 5.72 Å². The van der Waals surface area contributed by atoms with Crippen LogP contribution in [-0.4, -0.2) is 11.1 Å². The number of hydrogen-bond donors (Lipinski definition) is 2. The molecule has 1 saturated carbocycles. The van der Waals surface area contributed by atoms with Crippen molar-refractivity contribution in [3.05, 3.63) is 34.9 Å². The fraction of sp³-hybridized carbons (Fsp3) is 0.500. The van der Waals surface area contributed by atoms with Gasteiger partial charge in [0.25, 0.3) is 0 Å². The molecule has 0 heterocycles. The molecule has 0 bridgehead atoms. The molecule has 1 aromatic carbocycles. The van der Waals surface area contributed by atoms with Crippen LogP contribution in [0, 0.1) is 0 Å². The van der Waals surface area contributed by atoms with Crippen LogP contribution in [0.25, 0.3) is 0 Å². The Bertz CT molecular complexity index is 351. The molecule has 1 atom stereocenters. The van der Waals surface area contributed by atoms with Crippen molar-refractivity contribution in [1.82, 2.24) is 5.32 Å². The summed E-state index contributed by atoms with van der Waals surface area (Å²) in [4.78, 5) is 0. The average molecular weight is 226 g/mol. The molecular weight excluding hydrogens is 210 g/mol. The highest BCUT2D eigenvalue weighted by Gasteiger charge is 2.35. The summed E-state index contributed by atoms with van der Waals surface area (Å²) in [5, 5.41) is 14.4. The van der Waals surface area contributed by atoms with Crippen molar-refractivity contribution in [1.29, 1.82) is 0 Å². The first kappa shape index (κ1) is 10.9. The van der Waals surface area contributed by atoms with Crippen molar-refractivity contribution in [2.75, 3.05) is 0 Å². The van der Waals surface area contributed by atoms with Crippen LogP contribution in [0.3, 0.4) is 0 Å². The van der Waals surface area contributed by atoms with E-state index in [4.69, 9.17) is 11.6 Å². The van der Waals surface area contributed by atoms with Crippen molar-refractivity contribution >= 4 is 11.6 Å². The maximum absolute atomic E-state index is 10.5. The van der Waals surface area contributed by atoms with E-state index in [0.29, 0.717) is 17.5 Å². The Morgan fingerprint density at radius 1 is 1.47 bits per heavy atom. The van der Waals surface area contributed by atoms with E-state index in [1.807, 2.05) is 31.2 Å². The average Bonchev–Trinajstić information content (AvgIpc) is 3.02. The topological polar surface area (TPSA) is 32.3 Å². The zero-order chi connectivity index (χ0) is 10.9. The van der Waals surface area contributed by atoms with E-state index in [2.05, 4.69) is 5.32 Å². The number of rotatable bonds is 4. The summed E-state index contributed by atoms with van der Waals surface area (Å²) in [5.41, 5.74) is -0.194. The van der Waals surface area contributed by atoms with E-state index >= 15 is 0 Å². The van der Waals surface area contributed by atoms with Crippen LogP contribution in [0.5, 0.6) is 0 Å². The third kappa shape index (κ3) is 2.33. The minimum Gasteiger partial charge on any atom is -0.372 e. The van der Waals surface area contributed by atoms with Crippen molar-refractivity contribution in [3.63, 3.8) is 0 Å². The van der Waals surface area contributed by atoms with Gasteiger partial charge in [0.15, 0.2) is 0 Å². The van der Waals surface area contributed by atoms with E-state index in [-0.39, 0.29) is 0 Å². The maximum atomic E-state index is 10.5. The normalized spacial score (nSPS) is 19.9. The van der Waals surface area contributed by atoms with Gasteiger partial charge >= 0.3 is 0 Å². The number of hydrogen-bond acceptors (Lipinski definition) is 2. The summed E-state index contributed by atoms with van der Waals surface area (Å²) >= 11 is 6.09. The molecule has 0 aliphatic heterocycles. The highest BCUT2D eigenvalue weighted by molar-refractivity contribution is 6.31. The molecule has 1 fully saturated rings. The van der Waals surface area contributed by atoms with E-state index in [9.17, 15) is 5.11 Å². The molecule has 0 saturated heterocycles. The van der Waals surface area contributed by atoms with Crippen molar-refractivity contribution in [2.24, 2.45) is 0 Å². The fourth-order valence-electron chi connectivity index (χ4n) is 1.73. The van der Waals surface area contributed by atoms with Crippen LogP contribution in [0.4, 0.5) is 0 Å². The lowest BCUT2D eigenvalue weighted by Gasteiger charge is -2.29. The summed E-state index contributed by atoms with van der Waals surface area (Å²) in [6.07, 6.45) is 2.91. The van der Waals surface area contributed by atoms with Gasteiger partial charge in [0.05, 0.1) is 0 Å². The zero-order valence-electron chi connectivity index (χ0n) is 8.83. The molecule has 15 heavy (non-hydrogen) atoms. The predicted molar refractivity (Wildman–Crippen MR) is 61.8 cm³/mol. The molecule has 0 aromatic heterocycles. The molecule has 2 nitrogen and oxygen atoms in total. The quantitative estimate of drug-likeness (QED) is 0.773. The Morgan fingerprint density at radius 2 is 2.13 bits per heavy atom. The SMILES string of the molecule is CC[C@@](O)(NC1CC1)c1ccccc1Cl. The van der Waals surface area contributed by atoms with Gasteiger partial charge < -0.3 is 5.11 Å². The molecule has 2 N–H and O–H groups in total. The second-order valence-corrected chi connectivity index (χ2v) is 4.52. The summed E-state index contributed by atoms with van der Waals surface area (Å²) in [5.74, 6) is 0. The Balaban J connectivity index is 2.27. The second kappa shape index (κ2) is 4.12. The van der Waals surface area contributed by atoms with Crippen molar-refractivity contribution < 1.29 is 5.11 Å². The highest BCUT2D eigenvalue weighted by Crippen LogP contribution is 2.32. The van der Waals surface area contributed by atoms with E-state index in [0.717, 1.165) is 18.4 Å². The summed E-state index contributed by atoms with van der Waals surface area (Å²) in [6, 6.07) is 7.91. The van der Waals surface area contributed by atoms with Gasteiger partial charge in [-0.2, -0.15) is 0 Å². The number of nitrogens with one attached hydrogen (secondary N) is 1. The Morgan fingerprint density at radius 3 is 2.67 bits per heavy atom. The van der Waals surface area contributed by atoms with Gasteiger partial charge in [-0.05, 0) is 25.3 Å². The van der Waals surface area contributed by atoms with Crippen molar-refractivity contribution in [2.45, 2.75) is 38.0 Å². The van der Waals surface area contributed by atoms with Gasteiger partial charge in [0, 0.05) is 16.6 Å². The van der Waals surface area contributed by atoms with Gasteiger partial charge in [-0.15, -0.1) is 0 Å². The fourth-order valence-corrected chi connectivity index (χ4v) is 2.02. The number of halogens is 1. The zero-order valence-corrected chi connectivity index (χ0v) is 9.59. The summed E-state index contributed by atoms with van der Waals surface area (Å²) in [7, 11) is 0. The Hall–Kier alpha value is -0.570. The molecule has 1 aliphatic carbocycles. The number of aliphatic hydroxyl groups is 1. The molecule has 0 spiro atoms. The monoisotopic (exact) mass is 225 g/mol. The van der Waals surface area contributed by atoms with Gasteiger partial charge in [0.2, 0.25) is 0 Å². The number of benzene rings is 1. The first-order chi connectivity index (χ1) is 7.15. The van der Waals surface area contributed by atoms with Crippen LogP contribution in [0.2, 0.25) is 5.02 Å². The molecule has 2 rings (SSSR count). The first-order valence-electron chi connectivity index (χ1n) is 5.41. The van der Waals surface area contributed by atoms with Gasteiger partial charge in [0.1, 0.15) is 5.72 Å². The maximum Gasteiger partial charge on any atom is 0.143 e. The standard InChI is InChI=1S/C12H16ClNO/c1-2-12(15,14-9-7-8-9)10-5-3-4-6-11(10)13/h3-6,9,14-15H,2,7-8H2,1H3/t12-/m0/s1. The van der Waals surface area contributed by atoms with Crippen LogP contribution in [-0.2, 0) is 5.72 Å². The smallest absolute Gasteiger partial charge is 0.143 e. The van der Waals surface area contributed by atoms with Crippen LogP contribution in [0.15, 0.2) is 24.3 Å². The Kier molecular flexibility index (Phi) is 3.01. The van der Waals surface area contributed by atoms with E-state index in [1.54, 1.807) is 0 Å². The molecule has 0 radical (unpaired) electrons. The molecule has 0 unspecified atom stereocenters. The minimum absolute atomic E-state index is 0.450. The highest BCUT2D eigenvalue weighted by atomic mass is 35.5. The lowest BCUT2D eigenvalue weighted by atomic mass is 10.00. The lowest BCUT2D eigenvalue weighted by molar-refractivity contribution is -0.00558. The van der Waals surface area contributed by atoms with Gasteiger partial charge in [-0.3, -0.25) is 5.32 Å². The van der Waals surface area contributed by atoms with Gasteiger partial charge in [-0.25, -0.2) is 0 Å². The summed E-state index contributed by atoms with van der Waals surface area (Å²) in [6.45, 7) is 1.96. The minimum atomic E-state index is -0.973. The molecule has 0 amide bonds. The third-order valence-electron chi connectivity index (χ3n) is 2.85. The van der Waals surface area contributed by atoms with Gasteiger partial charge in [-0.1, -0.05) is 36.7 Å². The molecular formula is C12H16ClNO. The molecule has 82 valence electrons. The first-order valence-corrected chi connectivity index (χ1v) is 5.78. The Labute approximate surface area is 95.3 Å². The molecule has 1 aliphatic rings. The largest absolute Gasteiger partial charge is 0.372 e. The summed E-state index contributed by atoms with van der Waals surface area (Å²) < 4.78 is 0. The van der Waals surface area contributed by atoms with Crippen LogP contribution >= 0.6 is 11.6 Å². The molecule has 3 heteroatoms. The lowest BCUT2D eigenvalue weighted by Crippen LogP contribution is -2.43. The third-order valence-corrected chi connectivity index (χ3v) is 3.18. The van der Waals surface area contributed by atoms with Crippen molar-refractivity contribution in [3.8, 4) is 0 Å². The molecule has 1 aromatic rings. The predicted octanol–water partition coefficient (Wildman–Crippen LogP) is 2.65. The van der Waals surface area contributed by atoms with Crippen LogP contribution < -0.4 is 5.32 Å². The van der Waals surface area contributed by atoms with E-state index in [1.165, 1.54) is 0 Å².